The van der Waals surface area contributed by atoms with E-state index in [1.807, 2.05) is 6.92 Å². The molecule has 0 bridgehead atoms. The summed E-state index contributed by atoms with van der Waals surface area (Å²) in [4.78, 5) is 0. The molecule has 0 heterocycles. The van der Waals surface area contributed by atoms with Gasteiger partial charge in [0.05, 0.1) is 6.61 Å². The highest BCUT2D eigenvalue weighted by molar-refractivity contribution is 5.48. The van der Waals surface area contributed by atoms with Gasteiger partial charge in [-0.1, -0.05) is 6.92 Å². The highest BCUT2D eigenvalue weighted by Gasteiger charge is 2.13. The van der Waals surface area contributed by atoms with Crippen molar-refractivity contribution in [1.29, 1.82) is 0 Å². The molecular weight excluding hydrogens is 222 g/mol. The molecule has 0 aliphatic rings. The van der Waals surface area contributed by atoms with Crippen LogP contribution in [0.2, 0.25) is 0 Å². The molecule has 0 saturated heterocycles. The average Bonchev–Trinajstić information content (AvgIpc) is 2.32. The van der Waals surface area contributed by atoms with E-state index in [9.17, 15) is 0 Å². The molecule has 0 aromatic heterocycles. The molecule has 0 spiro atoms. The van der Waals surface area contributed by atoms with Crippen molar-refractivity contribution >= 4 is 0 Å². The second-order valence-electron chi connectivity index (χ2n) is 5.24. The molecule has 2 heteroatoms. The summed E-state index contributed by atoms with van der Waals surface area (Å²) in [6, 6.07) is 2.18. The third kappa shape index (κ3) is 3.49. The topological polar surface area (TPSA) is 35.2 Å². The smallest absolute Gasteiger partial charge is 0.122 e. The minimum atomic E-state index is 0.643. The molecule has 1 aromatic carbocycles. The average molecular weight is 249 g/mol. The Labute approximate surface area is 112 Å². The van der Waals surface area contributed by atoms with Crippen molar-refractivity contribution in [2.45, 2.75) is 47.5 Å². The number of benzene rings is 1. The largest absolute Gasteiger partial charge is 0.494 e. The summed E-state index contributed by atoms with van der Waals surface area (Å²) in [5, 5.41) is 0. The van der Waals surface area contributed by atoms with Gasteiger partial charge in [0.25, 0.3) is 0 Å². The quantitative estimate of drug-likeness (QED) is 0.837. The Balaban J connectivity index is 3.02. The zero-order valence-electron chi connectivity index (χ0n) is 12.5. The van der Waals surface area contributed by atoms with Gasteiger partial charge in [-0.15, -0.1) is 0 Å². The van der Waals surface area contributed by atoms with E-state index >= 15 is 0 Å². The highest BCUT2D eigenvalue weighted by atomic mass is 16.5. The van der Waals surface area contributed by atoms with Crippen LogP contribution in [0.15, 0.2) is 6.07 Å². The number of aryl methyl sites for hydroxylation is 1. The van der Waals surface area contributed by atoms with Crippen molar-refractivity contribution in [3.05, 3.63) is 28.3 Å². The van der Waals surface area contributed by atoms with E-state index in [4.69, 9.17) is 10.5 Å². The van der Waals surface area contributed by atoms with Crippen LogP contribution in [-0.4, -0.2) is 13.2 Å². The van der Waals surface area contributed by atoms with E-state index in [-0.39, 0.29) is 0 Å². The zero-order chi connectivity index (χ0) is 13.7. The van der Waals surface area contributed by atoms with Crippen molar-refractivity contribution in [3.8, 4) is 5.75 Å². The zero-order valence-corrected chi connectivity index (χ0v) is 12.5. The lowest BCUT2D eigenvalue weighted by Crippen LogP contribution is -2.10. The molecule has 0 saturated carbocycles. The van der Waals surface area contributed by atoms with Gasteiger partial charge in [-0.3, -0.25) is 0 Å². The first-order valence-electron chi connectivity index (χ1n) is 6.93. The summed E-state index contributed by atoms with van der Waals surface area (Å²) in [6.45, 7) is 12.3. The Bertz CT molecular complexity index is 399. The van der Waals surface area contributed by atoms with Crippen LogP contribution >= 0.6 is 0 Å². The van der Waals surface area contributed by atoms with Crippen LogP contribution < -0.4 is 10.5 Å². The van der Waals surface area contributed by atoms with E-state index in [1.54, 1.807) is 0 Å². The Morgan fingerprint density at radius 3 is 2.44 bits per heavy atom. The molecule has 0 fully saturated rings. The molecule has 0 amide bonds. The van der Waals surface area contributed by atoms with Crippen molar-refractivity contribution in [1.82, 2.24) is 0 Å². The Hall–Kier alpha value is -1.02. The summed E-state index contributed by atoms with van der Waals surface area (Å²) in [5.74, 6) is 1.67. The molecule has 0 radical (unpaired) electrons. The second kappa shape index (κ2) is 6.79. The molecule has 2 nitrogen and oxygen atoms in total. The molecule has 1 aromatic rings. The Morgan fingerprint density at radius 2 is 1.89 bits per heavy atom. The number of hydrogen-bond acceptors (Lipinski definition) is 2. The first-order chi connectivity index (χ1) is 8.51. The summed E-state index contributed by atoms with van der Waals surface area (Å²) < 4.78 is 5.69. The van der Waals surface area contributed by atoms with E-state index in [0.717, 1.165) is 31.7 Å². The lowest BCUT2D eigenvalue weighted by molar-refractivity contribution is 0.337. The fourth-order valence-corrected chi connectivity index (χ4v) is 2.45. The SMILES string of the molecule is CCOc1cc(C)c(CC(C)CCN)c(C)c1C. The third-order valence-corrected chi connectivity index (χ3v) is 3.72. The molecule has 102 valence electrons. The highest BCUT2D eigenvalue weighted by Crippen LogP contribution is 2.29. The lowest BCUT2D eigenvalue weighted by atomic mass is 9.89. The van der Waals surface area contributed by atoms with Crippen LogP contribution in [0.3, 0.4) is 0 Å². The predicted molar refractivity (Wildman–Crippen MR) is 78.4 cm³/mol. The maximum Gasteiger partial charge on any atom is 0.122 e. The van der Waals surface area contributed by atoms with Crippen molar-refractivity contribution < 1.29 is 4.74 Å². The predicted octanol–water partition coefficient (Wildman–Crippen LogP) is 3.54. The van der Waals surface area contributed by atoms with Crippen LogP contribution in [-0.2, 0) is 6.42 Å². The van der Waals surface area contributed by atoms with Gasteiger partial charge in [-0.25, -0.2) is 0 Å². The van der Waals surface area contributed by atoms with Crippen molar-refractivity contribution in [2.75, 3.05) is 13.2 Å². The summed E-state index contributed by atoms with van der Waals surface area (Å²) >= 11 is 0. The van der Waals surface area contributed by atoms with Gasteiger partial charge >= 0.3 is 0 Å². The monoisotopic (exact) mass is 249 g/mol. The minimum Gasteiger partial charge on any atom is -0.494 e. The normalized spacial score (nSPS) is 12.6. The molecule has 1 unspecified atom stereocenters. The molecule has 0 aliphatic heterocycles. The van der Waals surface area contributed by atoms with Gasteiger partial charge in [-0.05, 0) is 81.3 Å². The Kier molecular flexibility index (Phi) is 5.67. The fourth-order valence-electron chi connectivity index (χ4n) is 2.45. The van der Waals surface area contributed by atoms with Crippen LogP contribution in [0.5, 0.6) is 5.75 Å². The Morgan fingerprint density at radius 1 is 1.22 bits per heavy atom. The van der Waals surface area contributed by atoms with Gasteiger partial charge in [0.1, 0.15) is 5.75 Å². The van der Waals surface area contributed by atoms with Crippen molar-refractivity contribution in [3.63, 3.8) is 0 Å². The summed E-state index contributed by atoms with van der Waals surface area (Å²) in [7, 11) is 0. The number of hydrogen-bond donors (Lipinski definition) is 1. The third-order valence-electron chi connectivity index (χ3n) is 3.72. The van der Waals surface area contributed by atoms with E-state index in [0.29, 0.717) is 5.92 Å². The number of rotatable bonds is 6. The first-order valence-corrected chi connectivity index (χ1v) is 6.93. The fraction of sp³-hybridized carbons (Fsp3) is 0.625. The molecule has 2 N–H and O–H groups in total. The summed E-state index contributed by atoms with van der Waals surface area (Å²) in [6.07, 6.45) is 2.20. The van der Waals surface area contributed by atoms with Gasteiger partial charge in [0.15, 0.2) is 0 Å². The van der Waals surface area contributed by atoms with E-state index in [2.05, 4.69) is 33.8 Å². The maximum atomic E-state index is 5.69. The number of ether oxygens (including phenoxy) is 1. The van der Waals surface area contributed by atoms with Gasteiger partial charge in [0, 0.05) is 0 Å². The van der Waals surface area contributed by atoms with Gasteiger partial charge in [-0.2, -0.15) is 0 Å². The first kappa shape index (κ1) is 15.0. The minimum absolute atomic E-state index is 0.643. The van der Waals surface area contributed by atoms with Crippen LogP contribution in [0.4, 0.5) is 0 Å². The van der Waals surface area contributed by atoms with Crippen molar-refractivity contribution in [2.24, 2.45) is 11.7 Å². The van der Waals surface area contributed by atoms with E-state index < -0.39 is 0 Å². The molecular formula is C16H27NO. The lowest BCUT2D eigenvalue weighted by Gasteiger charge is -2.19. The molecule has 0 aliphatic carbocycles. The summed E-state index contributed by atoms with van der Waals surface area (Å²) in [5.41, 5.74) is 11.1. The molecule has 18 heavy (non-hydrogen) atoms. The maximum absolute atomic E-state index is 5.69. The van der Waals surface area contributed by atoms with E-state index in [1.165, 1.54) is 22.3 Å². The van der Waals surface area contributed by atoms with Gasteiger partial charge < -0.3 is 10.5 Å². The van der Waals surface area contributed by atoms with Crippen LogP contribution in [0.1, 0.15) is 42.5 Å². The van der Waals surface area contributed by atoms with Gasteiger partial charge in [0.2, 0.25) is 0 Å². The molecule has 1 atom stereocenters. The standard InChI is InChI=1S/C16H27NO/c1-6-18-16-10-12(3)15(13(4)14(16)5)9-11(2)7-8-17/h10-11H,6-9,17H2,1-5H3. The van der Waals surface area contributed by atoms with Crippen LogP contribution in [0.25, 0.3) is 0 Å². The second-order valence-corrected chi connectivity index (χ2v) is 5.24. The van der Waals surface area contributed by atoms with Crippen LogP contribution in [0, 0.1) is 26.7 Å². The molecule has 1 rings (SSSR count). The number of nitrogens with two attached hydrogens (primary N) is 1.